The minimum absolute atomic E-state index is 0.210. The van der Waals surface area contributed by atoms with E-state index in [1.54, 1.807) is 25.3 Å². The smallest absolute Gasteiger partial charge is 0.217 e. The number of nitrogens with zero attached hydrogens (tertiary/aromatic N) is 2. The SMILES string of the molecule is CCc1nc(COC)cc(OCc2ccc(OC)c(F)c2)n1. The van der Waals surface area contributed by atoms with Gasteiger partial charge in [0.05, 0.1) is 19.4 Å². The van der Waals surface area contributed by atoms with Crippen LogP contribution in [0.1, 0.15) is 24.0 Å². The molecule has 0 N–H and O–H groups in total. The van der Waals surface area contributed by atoms with Gasteiger partial charge in [-0.25, -0.2) is 9.37 Å². The number of methoxy groups -OCH3 is 2. The molecule has 0 aliphatic heterocycles. The van der Waals surface area contributed by atoms with Gasteiger partial charge in [-0.2, -0.15) is 4.98 Å². The van der Waals surface area contributed by atoms with Crippen LogP contribution < -0.4 is 9.47 Å². The Morgan fingerprint density at radius 3 is 2.55 bits per heavy atom. The van der Waals surface area contributed by atoms with E-state index in [0.717, 1.165) is 5.69 Å². The Morgan fingerprint density at radius 1 is 1.09 bits per heavy atom. The van der Waals surface area contributed by atoms with Crippen LogP contribution in [0.3, 0.4) is 0 Å². The third kappa shape index (κ3) is 4.14. The molecule has 0 radical (unpaired) electrons. The zero-order chi connectivity index (χ0) is 15.9. The van der Waals surface area contributed by atoms with Gasteiger partial charge in [0.2, 0.25) is 5.88 Å². The molecule has 0 unspecified atom stereocenters. The van der Waals surface area contributed by atoms with Crippen molar-refractivity contribution in [2.24, 2.45) is 0 Å². The van der Waals surface area contributed by atoms with Crippen LogP contribution in [0.4, 0.5) is 4.39 Å². The largest absolute Gasteiger partial charge is 0.494 e. The van der Waals surface area contributed by atoms with Crippen molar-refractivity contribution >= 4 is 0 Å². The van der Waals surface area contributed by atoms with Gasteiger partial charge in [0.25, 0.3) is 0 Å². The summed E-state index contributed by atoms with van der Waals surface area (Å²) in [6, 6.07) is 6.43. The maximum Gasteiger partial charge on any atom is 0.217 e. The molecule has 22 heavy (non-hydrogen) atoms. The van der Waals surface area contributed by atoms with Crippen molar-refractivity contribution in [1.82, 2.24) is 9.97 Å². The zero-order valence-corrected chi connectivity index (χ0v) is 12.9. The molecule has 0 saturated heterocycles. The first-order chi connectivity index (χ1) is 10.7. The van der Waals surface area contributed by atoms with E-state index in [9.17, 15) is 4.39 Å². The van der Waals surface area contributed by atoms with Gasteiger partial charge < -0.3 is 14.2 Å². The zero-order valence-electron chi connectivity index (χ0n) is 12.9. The Morgan fingerprint density at radius 2 is 1.91 bits per heavy atom. The van der Waals surface area contributed by atoms with E-state index in [1.165, 1.54) is 13.2 Å². The lowest BCUT2D eigenvalue weighted by Crippen LogP contribution is -2.04. The summed E-state index contributed by atoms with van der Waals surface area (Å²) in [6.07, 6.45) is 0.699. The van der Waals surface area contributed by atoms with Crippen molar-refractivity contribution in [3.63, 3.8) is 0 Å². The van der Waals surface area contributed by atoms with Crippen molar-refractivity contribution < 1.29 is 18.6 Å². The summed E-state index contributed by atoms with van der Waals surface area (Å²) in [7, 11) is 3.04. The van der Waals surface area contributed by atoms with Crippen LogP contribution in [0.5, 0.6) is 11.6 Å². The summed E-state index contributed by atoms with van der Waals surface area (Å²) in [5, 5.41) is 0. The van der Waals surface area contributed by atoms with Crippen molar-refractivity contribution in [2.45, 2.75) is 26.6 Å². The molecule has 1 heterocycles. The number of hydrogen-bond donors (Lipinski definition) is 0. The van der Waals surface area contributed by atoms with Crippen LogP contribution in [0, 0.1) is 5.82 Å². The first kappa shape index (κ1) is 16.2. The predicted molar refractivity (Wildman–Crippen MR) is 79.4 cm³/mol. The second-order valence-corrected chi connectivity index (χ2v) is 4.66. The molecular formula is C16H19FN2O3. The highest BCUT2D eigenvalue weighted by Gasteiger charge is 2.07. The standard InChI is InChI=1S/C16H19FN2O3/c1-4-15-18-12(10-20-2)8-16(19-15)22-9-11-5-6-14(21-3)13(17)7-11/h5-8H,4,9-10H2,1-3H3. The number of rotatable bonds is 7. The highest BCUT2D eigenvalue weighted by atomic mass is 19.1. The fraction of sp³-hybridized carbons (Fsp3) is 0.375. The fourth-order valence-electron chi connectivity index (χ4n) is 1.94. The van der Waals surface area contributed by atoms with E-state index in [4.69, 9.17) is 14.2 Å². The molecule has 5 nitrogen and oxygen atoms in total. The van der Waals surface area contributed by atoms with Gasteiger partial charge in [0, 0.05) is 19.6 Å². The Bertz CT molecular complexity index is 635. The summed E-state index contributed by atoms with van der Waals surface area (Å²) in [5.41, 5.74) is 1.45. The number of ether oxygens (including phenoxy) is 3. The molecular weight excluding hydrogens is 287 g/mol. The first-order valence-corrected chi connectivity index (χ1v) is 6.97. The summed E-state index contributed by atoms with van der Waals surface area (Å²) in [4.78, 5) is 8.64. The molecule has 0 aliphatic rings. The van der Waals surface area contributed by atoms with Gasteiger partial charge in [-0.1, -0.05) is 13.0 Å². The highest BCUT2D eigenvalue weighted by Crippen LogP contribution is 2.19. The minimum Gasteiger partial charge on any atom is -0.494 e. The third-order valence-electron chi connectivity index (χ3n) is 3.01. The average molecular weight is 306 g/mol. The Labute approximate surface area is 129 Å². The number of hydrogen-bond acceptors (Lipinski definition) is 5. The van der Waals surface area contributed by atoms with E-state index in [2.05, 4.69) is 9.97 Å². The lowest BCUT2D eigenvalue weighted by Gasteiger charge is -2.09. The molecule has 1 aromatic carbocycles. The van der Waals surface area contributed by atoms with Crippen LogP contribution in [0.25, 0.3) is 0 Å². The summed E-state index contributed by atoms with van der Waals surface area (Å²) in [6.45, 7) is 2.57. The van der Waals surface area contributed by atoms with Crippen LogP contribution in [0.2, 0.25) is 0 Å². The quantitative estimate of drug-likeness (QED) is 0.787. The fourth-order valence-corrected chi connectivity index (χ4v) is 1.94. The first-order valence-electron chi connectivity index (χ1n) is 6.97. The topological polar surface area (TPSA) is 53.5 Å². The molecule has 0 spiro atoms. The van der Waals surface area contributed by atoms with Crippen molar-refractivity contribution in [2.75, 3.05) is 14.2 Å². The number of aryl methyl sites for hydroxylation is 1. The van der Waals surface area contributed by atoms with E-state index in [-0.39, 0.29) is 12.4 Å². The predicted octanol–water partition coefficient (Wildman–Crippen LogP) is 2.91. The van der Waals surface area contributed by atoms with E-state index < -0.39 is 5.82 Å². The maximum absolute atomic E-state index is 13.6. The monoisotopic (exact) mass is 306 g/mol. The molecule has 0 saturated carbocycles. The van der Waals surface area contributed by atoms with Crippen LogP contribution in [-0.4, -0.2) is 24.2 Å². The van der Waals surface area contributed by atoms with E-state index >= 15 is 0 Å². The maximum atomic E-state index is 13.6. The Hall–Kier alpha value is -2.21. The number of halogens is 1. The lowest BCUT2D eigenvalue weighted by atomic mass is 10.2. The second kappa shape index (κ2) is 7.70. The van der Waals surface area contributed by atoms with Crippen molar-refractivity contribution in [1.29, 1.82) is 0 Å². The lowest BCUT2D eigenvalue weighted by molar-refractivity contribution is 0.180. The molecule has 6 heteroatoms. The van der Waals surface area contributed by atoms with E-state index in [0.29, 0.717) is 30.3 Å². The van der Waals surface area contributed by atoms with Crippen LogP contribution >= 0.6 is 0 Å². The molecule has 2 aromatic rings. The molecule has 0 bridgehead atoms. The van der Waals surface area contributed by atoms with Gasteiger partial charge in [-0.3, -0.25) is 0 Å². The van der Waals surface area contributed by atoms with E-state index in [1.807, 2.05) is 6.92 Å². The normalized spacial score (nSPS) is 10.5. The Balaban J connectivity index is 2.10. The van der Waals surface area contributed by atoms with Gasteiger partial charge in [-0.05, 0) is 17.7 Å². The van der Waals surface area contributed by atoms with Crippen molar-refractivity contribution in [3.8, 4) is 11.6 Å². The minimum atomic E-state index is -0.416. The third-order valence-corrected chi connectivity index (χ3v) is 3.01. The molecule has 0 aliphatic carbocycles. The molecule has 0 amide bonds. The molecule has 2 rings (SSSR count). The van der Waals surface area contributed by atoms with Crippen LogP contribution in [0.15, 0.2) is 24.3 Å². The summed E-state index contributed by atoms with van der Waals surface area (Å²) in [5.74, 6) is 0.933. The van der Waals surface area contributed by atoms with Gasteiger partial charge >= 0.3 is 0 Å². The highest BCUT2D eigenvalue weighted by molar-refractivity contribution is 5.29. The van der Waals surface area contributed by atoms with Gasteiger partial charge in [-0.15, -0.1) is 0 Å². The summed E-state index contributed by atoms with van der Waals surface area (Å²) >= 11 is 0. The molecule has 0 atom stereocenters. The van der Waals surface area contributed by atoms with Gasteiger partial charge in [0.15, 0.2) is 11.6 Å². The summed E-state index contributed by atoms with van der Waals surface area (Å²) < 4.78 is 29.2. The molecule has 118 valence electrons. The van der Waals surface area contributed by atoms with Gasteiger partial charge in [0.1, 0.15) is 12.4 Å². The van der Waals surface area contributed by atoms with Crippen LogP contribution in [-0.2, 0) is 24.4 Å². The average Bonchev–Trinajstić information content (AvgIpc) is 2.53. The number of benzene rings is 1. The number of aromatic nitrogens is 2. The Kier molecular flexibility index (Phi) is 5.66. The van der Waals surface area contributed by atoms with Crippen molar-refractivity contribution in [3.05, 3.63) is 47.2 Å². The second-order valence-electron chi connectivity index (χ2n) is 4.66. The molecule has 1 aromatic heterocycles. The molecule has 0 fully saturated rings.